The second-order valence-electron chi connectivity index (χ2n) is 4.63. The van der Waals surface area contributed by atoms with E-state index < -0.39 is 6.10 Å². The van der Waals surface area contributed by atoms with Crippen LogP contribution in [-0.2, 0) is 11.2 Å². The van der Waals surface area contributed by atoms with Crippen LogP contribution in [0.3, 0.4) is 0 Å². The van der Waals surface area contributed by atoms with Crippen molar-refractivity contribution in [1.82, 2.24) is 5.32 Å². The van der Waals surface area contributed by atoms with Gasteiger partial charge in [-0.2, -0.15) is 0 Å². The minimum atomic E-state index is -0.861. The van der Waals surface area contributed by atoms with Crippen LogP contribution < -0.4 is 5.32 Å². The lowest BCUT2D eigenvalue weighted by Gasteiger charge is -2.10. The highest BCUT2D eigenvalue weighted by atomic mass is 16.4. The first-order chi connectivity index (χ1) is 9.56. The first-order valence-electron chi connectivity index (χ1n) is 6.33. The molecule has 1 aromatic heterocycles. The third-order valence-electron chi connectivity index (χ3n) is 3.00. The van der Waals surface area contributed by atoms with Crippen LogP contribution in [0, 0.1) is 6.92 Å². The van der Waals surface area contributed by atoms with E-state index in [2.05, 4.69) is 5.32 Å². The molecule has 0 spiro atoms. The fourth-order valence-corrected chi connectivity index (χ4v) is 1.80. The van der Waals surface area contributed by atoms with Gasteiger partial charge in [0, 0.05) is 0 Å². The Morgan fingerprint density at radius 1 is 1.40 bits per heavy atom. The molecule has 0 aliphatic carbocycles. The fourth-order valence-electron chi connectivity index (χ4n) is 1.80. The van der Waals surface area contributed by atoms with Gasteiger partial charge in [-0.15, -0.1) is 0 Å². The van der Waals surface area contributed by atoms with Gasteiger partial charge >= 0.3 is 0 Å². The molecule has 1 heterocycles. The van der Waals surface area contributed by atoms with Crippen molar-refractivity contribution in [3.05, 3.63) is 53.5 Å². The number of hydrogen-bond donors (Lipinski definition) is 3. The predicted molar refractivity (Wildman–Crippen MR) is 73.2 cm³/mol. The van der Waals surface area contributed by atoms with Crippen LogP contribution in [0.1, 0.15) is 23.0 Å². The molecule has 20 heavy (non-hydrogen) atoms. The van der Waals surface area contributed by atoms with Crippen LogP contribution in [0.2, 0.25) is 0 Å². The van der Waals surface area contributed by atoms with E-state index in [1.165, 1.54) is 6.26 Å². The van der Waals surface area contributed by atoms with Crippen LogP contribution in [-0.4, -0.2) is 22.7 Å². The number of nitrogens with one attached hydrogen (secondary N) is 1. The highest BCUT2D eigenvalue weighted by molar-refractivity contribution is 5.78. The van der Waals surface area contributed by atoms with Crippen molar-refractivity contribution in [3.63, 3.8) is 0 Å². The predicted octanol–water partition coefficient (Wildman–Crippen LogP) is 1.69. The number of hydrogen-bond acceptors (Lipinski definition) is 4. The molecule has 1 amide bonds. The number of carbonyl (C=O) groups is 1. The van der Waals surface area contributed by atoms with Crippen LogP contribution in [0.4, 0.5) is 0 Å². The van der Waals surface area contributed by atoms with E-state index in [0.717, 1.165) is 11.1 Å². The zero-order valence-electron chi connectivity index (χ0n) is 11.2. The lowest BCUT2D eigenvalue weighted by molar-refractivity contribution is -0.120. The van der Waals surface area contributed by atoms with Gasteiger partial charge < -0.3 is 19.9 Å². The summed E-state index contributed by atoms with van der Waals surface area (Å²) in [6.07, 6.45) is 0.758. The maximum Gasteiger partial charge on any atom is 0.224 e. The highest BCUT2D eigenvalue weighted by Gasteiger charge is 2.12. The molecule has 0 aliphatic rings. The van der Waals surface area contributed by atoms with E-state index in [4.69, 9.17) is 4.42 Å². The third-order valence-corrected chi connectivity index (χ3v) is 3.00. The third kappa shape index (κ3) is 3.61. The Balaban J connectivity index is 1.85. The zero-order valence-corrected chi connectivity index (χ0v) is 11.2. The van der Waals surface area contributed by atoms with Crippen LogP contribution >= 0.6 is 0 Å². The number of phenols is 1. The molecule has 106 valence electrons. The van der Waals surface area contributed by atoms with Crippen LogP contribution in [0.15, 0.2) is 41.0 Å². The lowest BCUT2D eigenvalue weighted by atomic mass is 10.1. The van der Waals surface area contributed by atoms with Gasteiger partial charge in [-0.1, -0.05) is 12.1 Å². The quantitative estimate of drug-likeness (QED) is 0.775. The minimum Gasteiger partial charge on any atom is -0.508 e. The summed E-state index contributed by atoms with van der Waals surface area (Å²) in [7, 11) is 0. The molecule has 1 aromatic carbocycles. The molecule has 1 unspecified atom stereocenters. The van der Waals surface area contributed by atoms with Crippen molar-refractivity contribution in [2.75, 3.05) is 6.54 Å². The smallest absolute Gasteiger partial charge is 0.224 e. The maximum absolute atomic E-state index is 11.7. The minimum absolute atomic E-state index is 0.0875. The first-order valence-corrected chi connectivity index (χ1v) is 6.33. The molecule has 2 rings (SSSR count). The molecule has 5 nitrogen and oxygen atoms in total. The summed E-state index contributed by atoms with van der Waals surface area (Å²) in [5.41, 5.74) is 1.49. The van der Waals surface area contributed by atoms with Gasteiger partial charge in [0.15, 0.2) is 0 Å². The van der Waals surface area contributed by atoms with E-state index in [0.29, 0.717) is 5.76 Å². The van der Waals surface area contributed by atoms with Crippen molar-refractivity contribution >= 4 is 5.91 Å². The van der Waals surface area contributed by atoms with Crippen molar-refractivity contribution in [1.29, 1.82) is 0 Å². The van der Waals surface area contributed by atoms with Crippen molar-refractivity contribution in [2.45, 2.75) is 19.4 Å². The number of phenolic OH excluding ortho intramolecular Hbond substituents is 1. The average Bonchev–Trinajstić information content (AvgIpc) is 2.94. The Hall–Kier alpha value is -2.27. The van der Waals surface area contributed by atoms with Crippen molar-refractivity contribution in [2.24, 2.45) is 0 Å². The number of benzene rings is 1. The first kappa shape index (κ1) is 14.1. The summed E-state index contributed by atoms with van der Waals surface area (Å²) < 4.78 is 5.04. The Morgan fingerprint density at radius 3 is 2.85 bits per heavy atom. The summed E-state index contributed by atoms with van der Waals surface area (Å²) in [5.74, 6) is 0.364. The number of rotatable bonds is 5. The number of furan rings is 1. The van der Waals surface area contributed by atoms with E-state index in [9.17, 15) is 15.0 Å². The number of aliphatic hydroxyl groups excluding tert-OH is 1. The van der Waals surface area contributed by atoms with E-state index in [1.807, 2.05) is 0 Å². The Bertz CT molecular complexity index is 578. The standard InChI is InChI=1S/C15H17NO4/c1-10-4-5-11(7-12(10)17)8-15(19)16-9-13(18)14-3-2-6-20-14/h2-7,13,17-18H,8-9H2,1H3,(H,16,19). The summed E-state index contributed by atoms with van der Waals surface area (Å²) in [6, 6.07) is 8.44. The molecule has 0 radical (unpaired) electrons. The van der Waals surface area contributed by atoms with Crippen LogP contribution in [0.5, 0.6) is 5.75 Å². The van der Waals surface area contributed by atoms with Gasteiger partial charge in [0.25, 0.3) is 0 Å². The second-order valence-corrected chi connectivity index (χ2v) is 4.63. The Labute approximate surface area is 116 Å². The monoisotopic (exact) mass is 275 g/mol. The van der Waals surface area contributed by atoms with Gasteiger partial charge in [-0.3, -0.25) is 4.79 Å². The molecule has 0 saturated carbocycles. The second kappa shape index (κ2) is 6.25. The number of carbonyl (C=O) groups excluding carboxylic acids is 1. The van der Waals surface area contributed by atoms with Gasteiger partial charge in [0.1, 0.15) is 17.6 Å². The molecule has 2 aromatic rings. The van der Waals surface area contributed by atoms with E-state index in [1.54, 1.807) is 37.3 Å². The molecule has 0 fully saturated rings. The summed E-state index contributed by atoms with van der Waals surface area (Å²) in [5, 5.41) is 22.0. The highest BCUT2D eigenvalue weighted by Crippen LogP contribution is 2.17. The average molecular weight is 275 g/mol. The molecular weight excluding hydrogens is 258 g/mol. The normalized spacial score (nSPS) is 12.1. The van der Waals surface area contributed by atoms with Gasteiger partial charge in [-0.05, 0) is 36.2 Å². The largest absolute Gasteiger partial charge is 0.508 e. The number of aryl methyl sites for hydroxylation is 1. The fraction of sp³-hybridized carbons (Fsp3) is 0.267. The molecule has 3 N–H and O–H groups in total. The van der Waals surface area contributed by atoms with Gasteiger partial charge in [0.2, 0.25) is 5.91 Å². The van der Waals surface area contributed by atoms with Crippen molar-refractivity contribution in [3.8, 4) is 5.75 Å². The Kier molecular flexibility index (Phi) is 4.42. The summed E-state index contributed by atoms with van der Waals surface area (Å²) in [6.45, 7) is 1.88. The molecule has 0 aliphatic heterocycles. The van der Waals surface area contributed by atoms with Gasteiger partial charge in [-0.25, -0.2) is 0 Å². The molecule has 0 saturated heterocycles. The van der Waals surface area contributed by atoms with Crippen LogP contribution in [0.25, 0.3) is 0 Å². The molecule has 1 atom stereocenters. The Morgan fingerprint density at radius 2 is 2.20 bits per heavy atom. The topological polar surface area (TPSA) is 82.7 Å². The SMILES string of the molecule is Cc1ccc(CC(=O)NCC(O)c2ccco2)cc1O. The number of aromatic hydroxyl groups is 1. The van der Waals surface area contributed by atoms with Gasteiger partial charge in [0.05, 0.1) is 19.2 Å². The molecule has 0 bridgehead atoms. The molecule has 5 heteroatoms. The maximum atomic E-state index is 11.7. The van der Waals surface area contributed by atoms with E-state index in [-0.39, 0.29) is 24.6 Å². The van der Waals surface area contributed by atoms with E-state index >= 15 is 0 Å². The van der Waals surface area contributed by atoms with Crippen molar-refractivity contribution < 1.29 is 19.4 Å². The number of amides is 1. The summed E-state index contributed by atoms with van der Waals surface area (Å²) in [4.78, 5) is 11.7. The number of aliphatic hydroxyl groups is 1. The lowest BCUT2D eigenvalue weighted by Crippen LogP contribution is -2.29. The molecular formula is C15H17NO4. The zero-order chi connectivity index (χ0) is 14.5. The summed E-state index contributed by atoms with van der Waals surface area (Å²) >= 11 is 0.